The number of carbonyl (C=O) groups excluding carboxylic acids is 2. The molecule has 1 saturated heterocycles. The van der Waals surface area contributed by atoms with E-state index in [0.29, 0.717) is 17.2 Å². The molecule has 0 bridgehead atoms. The number of amides is 2. The summed E-state index contributed by atoms with van der Waals surface area (Å²) in [6.45, 7) is 3.28. The molecule has 0 spiro atoms. The molecule has 1 unspecified atom stereocenters. The third-order valence-corrected chi connectivity index (χ3v) is 20.2. The van der Waals surface area contributed by atoms with Gasteiger partial charge in [0, 0.05) is 0 Å². The Kier molecular flexibility index (Phi) is 6.42. The van der Waals surface area contributed by atoms with Crippen molar-refractivity contribution in [1.82, 2.24) is 10.3 Å². The first-order valence-corrected chi connectivity index (χ1v) is 20.4. The summed E-state index contributed by atoms with van der Waals surface area (Å²) in [5.74, 6) is 1.32. The van der Waals surface area contributed by atoms with Crippen molar-refractivity contribution in [1.29, 1.82) is 0 Å². The molecule has 2 aliphatic heterocycles. The molecule has 2 atom stereocenters. The fourth-order valence-electron chi connectivity index (χ4n) is 5.34. The predicted octanol–water partition coefficient (Wildman–Crippen LogP) is 4.63. The van der Waals surface area contributed by atoms with E-state index < -0.39 is 18.4 Å². The van der Waals surface area contributed by atoms with Gasteiger partial charge in [0.15, 0.2) is 0 Å². The third kappa shape index (κ3) is 4.30. The summed E-state index contributed by atoms with van der Waals surface area (Å²) in [6, 6.07) is 17.6. The molecule has 7 nitrogen and oxygen atoms in total. The van der Waals surface area contributed by atoms with E-state index in [1.807, 2.05) is 61.5 Å². The number of nitrogens with one attached hydrogen (secondary N) is 2. The van der Waals surface area contributed by atoms with Crippen LogP contribution in [0, 0.1) is 6.92 Å². The second kappa shape index (κ2) is 9.74. The van der Waals surface area contributed by atoms with Gasteiger partial charge in [0.05, 0.1) is 0 Å². The Labute approximate surface area is 223 Å². The first-order chi connectivity index (χ1) is 17.9. The van der Waals surface area contributed by atoms with Crippen LogP contribution in [0.25, 0.3) is 10.2 Å². The van der Waals surface area contributed by atoms with E-state index in [-0.39, 0.29) is 15.9 Å². The molecular formula is C28H27N3O4SSn. The number of aromatic nitrogens is 1. The summed E-state index contributed by atoms with van der Waals surface area (Å²) in [4.78, 5) is 35.1. The van der Waals surface area contributed by atoms with Crippen LogP contribution in [0.1, 0.15) is 28.1 Å². The molecule has 2 aliphatic rings. The molecule has 6 rings (SSSR count). The standard InChI is InChI=1S/C14H13N3O3S.C13H11O.CH3.Sn/c18-8-16-11-10-4-1-5-15-14(10)21-12(11)13(19)17-9-3-2-6-20-7-9;1-11-6-5-9-13(10-11)14-12-7-3-2-4-8-12;;/h1,5,9H,2-3,6-7H2,(H,16,18)(H,17,19);2-5,7-10H,1H3;1H3;/t9-;;;/m1.../s1. The predicted molar refractivity (Wildman–Crippen MR) is 149 cm³/mol. The molecule has 4 heterocycles. The number of thiophene rings is 1. The fraction of sp³-hybridized carbons (Fsp3) is 0.250. The molecule has 2 amide bonds. The normalized spacial score (nSPS) is 20.9. The number of anilines is 1. The van der Waals surface area contributed by atoms with E-state index in [1.165, 1.54) is 11.3 Å². The van der Waals surface area contributed by atoms with Crippen LogP contribution in [-0.2, 0) is 4.74 Å². The summed E-state index contributed by atoms with van der Waals surface area (Å²) in [7, 11) is 0. The number of hydrogen-bond donors (Lipinski definition) is 2. The van der Waals surface area contributed by atoms with E-state index in [9.17, 15) is 9.59 Å². The molecule has 2 N–H and O–H groups in total. The molecule has 2 aromatic heterocycles. The zero-order valence-electron chi connectivity index (χ0n) is 20.7. The average Bonchev–Trinajstić information content (AvgIpc) is 3.28. The van der Waals surface area contributed by atoms with Crippen LogP contribution in [-0.4, -0.2) is 52.4 Å². The number of hydrogen-bond acceptors (Lipinski definition) is 6. The molecule has 9 heteroatoms. The van der Waals surface area contributed by atoms with Crippen molar-refractivity contribution >= 4 is 62.6 Å². The number of para-hydroxylation sites is 1. The molecule has 2 aromatic carbocycles. The topological polar surface area (TPSA) is 89.5 Å². The average molecular weight is 620 g/mol. The number of aryl methyl sites for hydroxylation is 1. The molecule has 188 valence electrons. The van der Waals surface area contributed by atoms with Gasteiger partial charge in [0.1, 0.15) is 0 Å². The van der Waals surface area contributed by atoms with E-state index in [0.717, 1.165) is 53.9 Å². The maximum absolute atomic E-state index is 13.9. The van der Waals surface area contributed by atoms with Crippen LogP contribution >= 0.6 is 11.3 Å². The summed E-state index contributed by atoms with van der Waals surface area (Å²) in [5.41, 5.74) is 1.62. The molecule has 0 saturated carbocycles. The van der Waals surface area contributed by atoms with Gasteiger partial charge in [-0.15, -0.1) is 0 Å². The monoisotopic (exact) mass is 621 g/mol. The molecule has 37 heavy (non-hydrogen) atoms. The van der Waals surface area contributed by atoms with Crippen molar-refractivity contribution < 1.29 is 19.1 Å². The first kappa shape index (κ1) is 24.4. The Morgan fingerprint density at radius 2 is 2.00 bits per heavy atom. The first-order valence-electron chi connectivity index (χ1n) is 12.4. The third-order valence-electron chi connectivity index (χ3n) is 7.24. The number of carbonyl (C=O) groups is 2. The second-order valence-electron chi connectivity index (χ2n) is 9.70. The van der Waals surface area contributed by atoms with Gasteiger partial charge in [-0.1, -0.05) is 0 Å². The van der Waals surface area contributed by atoms with Crippen molar-refractivity contribution in [3.8, 4) is 11.5 Å². The van der Waals surface area contributed by atoms with Crippen molar-refractivity contribution in [3.05, 3.63) is 71.2 Å². The maximum atomic E-state index is 13.9. The minimum atomic E-state index is -3.86. The molecular weight excluding hydrogens is 593 g/mol. The van der Waals surface area contributed by atoms with Gasteiger partial charge in [-0.2, -0.15) is 0 Å². The van der Waals surface area contributed by atoms with Crippen molar-refractivity contribution in [2.75, 3.05) is 18.5 Å². The number of nitrogens with zero attached hydrogens (tertiary/aromatic N) is 1. The van der Waals surface area contributed by atoms with Gasteiger partial charge >= 0.3 is 224 Å². The van der Waals surface area contributed by atoms with Crippen LogP contribution < -0.4 is 22.5 Å². The van der Waals surface area contributed by atoms with Gasteiger partial charge in [-0.25, -0.2) is 0 Å². The van der Waals surface area contributed by atoms with Gasteiger partial charge in [0.2, 0.25) is 0 Å². The Morgan fingerprint density at radius 1 is 1.16 bits per heavy atom. The van der Waals surface area contributed by atoms with E-state index in [1.54, 1.807) is 6.20 Å². The Balaban J connectivity index is 1.38. The Bertz CT molecular complexity index is 1520. The summed E-state index contributed by atoms with van der Waals surface area (Å²) < 4.78 is 13.7. The Hall–Kier alpha value is -2.95. The zero-order valence-corrected chi connectivity index (χ0v) is 24.3. The number of ether oxygens (including phenoxy) is 2. The molecule has 0 radical (unpaired) electrons. The second-order valence-corrected chi connectivity index (χ2v) is 21.5. The van der Waals surface area contributed by atoms with Crippen LogP contribution in [0.3, 0.4) is 0 Å². The van der Waals surface area contributed by atoms with Crippen LogP contribution in [0.4, 0.5) is 10.5 Å². The van der Waals surface area contributed by atoms with Gasteiger partial charge in [-0.3, -0.25) is 0 Å². The van der Waals surface area contributed by atoms with E-state index in [2.05, 4.69) is 20.6 Å². The van der Waals surface area contributed by atoms with Gasteiger partial charge < -0.3 is 0 Å². The van der Waals surface area contributed by atoms with Crippen molar-refractivity contribution in [2.24, 2.45) is 0 Å². The van der Waals surface area contributed by atoms with Crippen LogP contribution in [0.15, 0.2) is 60.8 Å². The number of rotatable bonds is 5. The molecule has 1 fully saturated rings. The fourth-order valence-corrected chi connectivity index (χ4v) is 16.9. The summed E-state index contributed by atoms with van der Waals surface area (Å²) in [6.07, 6.45) is 3.58. The quantitative estimate of drug-likeness (QED) is 0.318. The molecule has 4 aromatic rings. The van der Waals surface area contributed by atoms with Gasteiger partial charge in [0.25, 0.3) is 0 Å². The summed E-state index contributed by atoms with van der Waals surface area (Å²) in [5, 5.41) is 7.17. The SMILES string of the molecule is Cc1cc(Oc2ccccc2)cc[c]1[Sn]1([CH3])[C](=O)Nc2c(C(=O)N[C@@H]3CCCOC3)sc3ncc[c]1c23. The number of benzene rings is 2. The Morgan fingerprint density at radius 3 is 2.76 bits per heavy atom. The van der Waals surface area contributed by atoms with Crippen molar-refractivity contribution in [3.63, 3.8) is 0 Å². The zero-order chi connectivity index (χ0) is 25.6. The minimum absolute atomic E-state index is 0.0194. The van der Waals surface area contributed by atoms with E-state index in [4.69, 9.17) is 9.47 Å². The molecule has 0 aliphatic carbocycles. The van der Waals surface area contributed by atoms with Crippen LogP contribution in [0.5, 0.6) is 11.5 Å². The summed E-state index contributed by atoms with van der Waals surface area (Å²) >= 11 is -2.52. The van der Waals surface area contributed by atoms with Crippen molar-refractivity contribution in [2.45, 2.75) is 30.7 Å². The van der Waals surface area contributed by atoms with E-state index >= 15 is 0 Å². The number of pyridine rings is 1. The van der Waals surface area contributed by atoms with Crippen LogP contribution in [0.2, 0.25) is 4.94 Å². The van der Waals surface area contributed by atoms with Gasteiger partial charge in [-0.05, 0) is 0 Å².